The maximum Gasteiger partial charge on any atom is 0.344 e. The maximum absolute atomic E-state index is 12.8. The van der Waals surface area contributed by atoms with Gasteiger partial charge in [0.1, 0.15) is 5.54 Å². The molecule has 1 saturated carbocycles. The molecule has 1 aromatic carbocycles. The second-order valence-corrected chi connectivity index (χ2v) is 9.70. The molecule has 168 valence electrons. The van der Waals surface area contributed by atoms with Crippen LogP contribution in [0.1, 0.15) is 75.7 Å². The summed E-state index contributed by atoms with van der Waals surface area (Å²) in [5, 5.41) is 6.24. The summed E-state index contributed by atoms with van der Waals surface area (Å²) in [5.74, 6) is -0.667. The molecule has 5 amide bonds. The van der Waals surface area contributed by atoms with Crippen LogP contribution in [0.2, 0.25) is 0 Å². The number of hydrogen-bond donors (Lipinski definition) is 3. The first-order valence-corrected chi connectivity index (χ1v) is 10.9. The molecule has 3 N–H and O–H groups in total. The van der Waals surface area contributed by atoms with Crippen molar-refractivity contribution < 1.29 is 19.2 Å². The first kappa shape index (κ1) is 22.8. The quantitative estimate of drug-likeness (QED) is 0.627. The molecule has 0 unspecified atom stereocenters. The molecular formula is C23H32N4O4. The molecule has 31 heavy (non-hydrogen) atoms. The van der Waals surface area contributed by atoms with E-state index in [1.807, 2.05) is 12.1 Å². The average molecular weight is 429 g/mol. The van der Waals surface area contributed by atoms with Crippen molar-refractivity contribution in [2.24, 2.45) is 5.92 Å². The molecule has 1 saturated heterocycles. The second-order valence-electron chi connectivity index (χ2n) is 9.70. The van der Waals surface area contributed by atoms with Gasteiger partial charge in [-0.2, -0.15) is 5.01 Å². The number of carbonyl (C=O) groups excluding carboxylic acids is 4. The first-order valence-electron chi connectivity index (χ1n) is 10.9. The topological polar surface area (TPSA) is 108 Å². The van der Waals surface area contributed by atoms with Crippen molar-refractivity contribution in [2.75, 3.05) is 6.54 Å². The smallest absolute Gasteiger partial charge is 0.344 e. The number of nitrogens with zero attached hydrogens (tertiary/aromatic N) is 1. The van der Waals surface area contributed by atoms with E-state index in [9.17, 15) is 19.2 Å². The fourth-order valence-corrected chi connectivity index (χ4v) is 4.01. The molecule has 3 rings (SSSR count). The standard InChI is InChI=1S/C23H32N4O4/c1-15-9-12-23(13-10-15)20(30)27(21(31)25-23)26-18(28)11-14-24-19(29)16-5-7-17(8-6-16)22(2,3)4/h5-8,15H,9-14H2,1-4H3,(H,24,29)(H,25,31)(H,26,28). The van der Waals surface area contributed by atoms with Crippen molar-refractivity contribution >= 4 is 23.8 Å². The van der Waals surface area contributed by atoms with E-state index < -0.39 is 23.4 Å². The Balaban J connectivity index is 1.47. The highest BCUT2D eigenvalue weighted by Crippen LogP contribution is 2.35. The monoisotopic (exact) mass is 428 g/mol. The summed E-state index contributed by atoms with van der Waals surface area (Å²) < 4.78 is 0. The zero-order chi connectivity index (χ0) is 22.8. The number of urea groups is 1. The summed E-state index contributed by atoms with van der Waals surface area (Å²) in [7, 11) is 0. The van der Waals surface area contributed by atoms with Gasteiger partial charge in [-0.15, -0.1) is 0 Å². The summed E-state index contributed by atoms with van der Waals surface area (Å²) in [5.41, 5.74) is 3.12. The molecule has 1 aliphatic heterocycles. The van der Waals surface area contributed by atoms with Gasteiger partial charge in [0.25, 0.3) is 11.8 Å². The van der Waals surface area contributed by atoms with Gasteiger partial charge in [0.2, 0.25) is 5.91 Å². The predicted molar refractivity (Wildman–Crippen MR) is 116 cm³/mol. The fourth-order valence-electron chi connectivity index (χ4n) is 4.01. The fraction of sp³-hybridized carbons (Fsp3) is 0.565. The van der Waals surface area contributed by atoms with Crippen molar-refractivity contribution in [1.29, 1.82) is 0 Å². The molecule has 2 aliphatic rings. The second kappa shape index (κ2) is 8.69. The third-order valence-electron chi connectivity index (χ3n) is 6.18. The number of benzene rings is 1. The Kier molecular flexibility index (Phi) is 6.38. The SMILES string of the molecule is CC1CCC2(CC1)NC(=O)N(NC(=O)CCNC(=O)c1ccc(C(C)(C)C)cc1)C2=O. The Morgan fingerprint density at radius 1 is 1.13 bits per heavy atom. The highest BCUT2D eigenvalue weighted by atomic mass is 16.2. The Morgan fingerprint density at radius 3 is 2.32 bits per heavy atom. The van der Waals surface area contributed by atoms with Gasteiger partial charge in [-0.05, 0) is 54.7 Å². The van der Waals surface area contributed by atoms with Crippen molar-refractivity contribution in [1.82, 2.24) is 21.1 Å². The summed E-state index contributed by atoms with van der Waals surface area (Å²) in [6.45, 7) is 8.52. The minimum Gasteiger partial charge on any atom is -0.352 e. The molecule has 0 radical (unpaired) electrons. The minimum atomic E-state index is -0.899. The molecule has 8 nitrogen and oxygen atoms in total. The van der Waals surface area contributed by atoms with E-state index in [0.29, 0.717) is 24.3 Å². The van der Waals surface area contributed by atoms with E-state index in [1.54, 1.807) is 12.1 Å². The Morgan fingerprint density at radius 2 is 1.74 bits per heavy atom. The molecule has 1 spiro atoms. The van der Waals surface area contributed by atoms with Crippen LogP contribution in [0.4, 0.5) is 4.79 Å². The highest BCUT2D eigenvalue weighted by molar-refractivity contribution is 6.08. The van der Waals surface area contributed by atoms with Gasteiger partial charge in [0.05, 0.1) is 0 Å². The van der Waals surface area contributed by atoms with Gasteiger partial charge in [-0.3, -0.25) is 19.8 Å². The van der Waals surface area contributed by atoms with Gasteiger partial charge in [0.15, 0.2) is 0 Å². The van der Waals surface area contributed by atoms with Crippen LogP contribution in [0, 0.1) is 5.92 Å². The van der Waals surface area contributed by atoms with Crippen LogP contribution in [0.25, 0.3) is 0 Å². The van der Waals surface area contributed by atoms with E-state index in [4.69, 9.17) is 0 Å². The number of hydrazine groups is 1. The van der Waals surface area contributed by atoms with E-state index >= 15 is 0 Å². The molecule has 0 aromatic heterocycles. The Labute approximate surface area is 183 Å². The van der Waals surface area contributed by atoms with Crippen molar-refractivity contribution in [3.63, 3.8) is 0 Å². The summed E-state index contributed by atoms with van der Waals surface area (Å²) in [6, 6.07) is 6.75. The summed E-state index contributed by atoms with van der Waals surface area (Å²) >= 11 is 0. The first-order chi connectivity index (χ1) is 14.5. The molecule has 1 aromatic rings. The van der Waals surface area contributed by atoms with E-state index in [2.05, 4.69) is 43.8 Å². The highest BCUT2D eigenvalue weighted by Gasteiger charge is 2.52. The normalized spacial score (nSPS) is 23.6. The largest absolute Gasteiger partial charge is 0.352 e. The lowest BCUT2D eigenvalue weighted by atomic mass is 9.77. The van der Waals surface area contributed by atoms with Gasteiger partial charge in [-0.25, -0.2) is 4.79 Å². The van der Waals surface area contributed by atoms with Gasteiger partial charge >= 0.3 is 6.03 Å². The van der Waals surface area contributed by atoms with Crippen LogP contribution in [0.15, 0.2) is 24.3 Å². The van der Waals surface area contributed by atoms with Crippen LogP contribution < -0.4 is 16.1 Å². The molecule has 8 heteroatoms. The van der Waals surface area contributed by atoms with E-state index in [0.717, 1.165) is 23.4 Å². The predicted octanol–water partition coefficient (Wildman–Crippen LogP) is 2.64. The molecule has 0 bridgehead atoms. The maximum atomic E-state index is 12.8. The van der Waals surface area contributed by atoms with Crippen molar-refractivity contribution in [2.45, 2.75) is 70.8 Å². The van der Waals surface area contributed by atoms with Gasteiger partial charge in [-0.1, -0.05) is 39.8 Å². The number of rotatable bonds is 5. The van der Waals surface area contributed by atoms with Crippen LogP contribution in [-0.2, 0) is 15.0 Å². The number of carbonyl (C=O) groups is 4. The lowest BCUT2D eigenvalue weighted by Crippen LogP contribution is -2.51. The van der Waals surface area contributed by atoms with E-state index in [1.165, 1.54) is 0 Å². The lowest BCUT2D eigenvalue weighted by Gasteiger charge is -2.33. The van der Waals surface area contributed by atoms with E-state index in [-0.39, 0.29) is 24.3 Å². The minimum absolute atomic E-state index is 0.000839. The van der Waals surface area contributed by atoms with Gasteiger partial charge < -0.3 is 10.6 Å². The third-order valence-corrected chi connectivity index (χ3v) is 6.18. The zero-order valence-electron chi connectivity index (χ0n) is 18.7. The number of amides is 5. The van der Waals surface area contributed by atoms with Crippen molar-refractivity contribution in [3.05, 3.63) is 35.4 Å². The molecule has 0 atom stereocenters. The third kappa shape index (κ3) is 5.06. The zero-order valence-corrected chi connectivity index (χ0v) is 18.7. The van der Waals surface area contributed by atoms with Crippen LogP contribution in [-0.4, -0.2) is 40.8 Å². The Hall–Kier alpha value is -2.90. The Bertz CT molecular complexity index is 865. The molecule has 2 fully saturated rings. The molecule has 1 aliphatic carbocycles. The lowest BCUT2D eigenvalue weighted by molar-refractivity contribution is -0.140. The van der Waals surface area contributed by atoms with Crippen molar-refractivity contribution in [3.8, 4) is 0 Å². The number of nitrogens with one attached hydrogen (secondary N) is 3. The summed E-state index contributed by atoms with van der Waals surface area (Å²) in [6.07, 6.45) is 2.82. The van der Waals surface area contributed by atoms with Crippen LogP contribution >= 0.6 is 0 Å². The van der Waals surface area contributed by atoms with Gasteiger partial charge in [0, 0.05) is 18.5 Å². The van der Waals surface area contributed by atoms with Crippen LogP contribution in [0.3, 0.4) is 0 Å². The average Bonchev–Trinajstić information content (AvgIpc) is 2.94. The number of imide groups is 1. The molecular weight excluding hydrogens is 396 g/mol. The van der Waals surface area contributed by atoms with Crippen LogP contribution in [0.5, 0.6) is 0 Å². The summed E-state index contributed by atoms with van der Waals surface area (Å²) in [4.78, 5) is 49.6. The number of hydrogen-bond acceptors (Lipinski definition) is 4. The molecule has 1 heterocycles.